The van der Waals surface area contributed by atoms with Gasteiger partial charge in [0.15, 0.2) is 0 Å². The second kappa shape index (κ2) is 4.86. The van der Waals surface area contributed by atoms with Crippen LogP contribution in [-0.4, -0.2) is 27.3 Å². The van der Waals surface area contributed by atoms with Gasteiger partial charge in [-0.25, -0.2) is 0 Å². The summed E-state index contributed by atoms with van der Waals surface area (Å²) >= 11 is 0. The van der Waals surface area contributed by atoms with Gasteiger partial charge in [0.25, 0.3) is 0 Å². The van der Waals surface area contributed by atoms with Gasteiger partial charge in [-0.1, -0.05) is 0 Å². The Kier molecular flexibility index (Phi) is 3.06. The van der Waals surface area contributed by atoms with Crippen LogP contribution in [0.15, 0.2) is 35.2 Å². The molecule has 0 saturated heterocycles. The minimum absolute atomic E-state index is 0.711. The van der Waals surface area contributed by atoms with Crippen molar-refractivity contribution in [3.8, 4) is 0 Å². The van der Waals surface area contributed by atoms with E-state index >= 15 is 0 Å². The van der Waals surface area contributed by atoms with Crippen LogP contribution in [0.25, 0.3) is 0 Å². The lowest BCUT2D eigenvalue weighted by atomic mass is 10.3. The van der Waals surface area contributed by atoms with Gasteiger partial charge in [-0.2, -0.15) is 5.10 Å². The van der Waals surface area contributed by atoms with Gasteiger partial charge in [0, 0.05) is 18.8 Å². The molecule has 18 heavy (non-hydrogen) atoms. The SMILES string of the molecule is Nc1cnn(CCN(Cc2ccco2)C2CC2)c1. The van der Waals surface area contributed by atoms with Crippen molar-refractivity contribution in [1.29, 1.82) is 0 Å². The monoisotopic (exact) mass is 246 g/mol. The molecule has 0 aromatic carbocycles. The lowest BCUT2D eigenvalue weighted by Gasteiger charge is -2.20. The Hall–Kier alpha value is -1.75. The fourth-order valence-corrected chi connectivity index (χ4v) is 2.17. The Morgan fingerprint density at radius 3 is 3.00 bits per heavy atom. The molecule has 2 aromatic heterocycles. The maximum atomic E-state index is 5.65. The molecule has 1 fully saturated rings. The summed E-state index contributed by atoms with van der Waals surface area (Å²) in [5, 5.41) is 4.21. The van der Waals surface area contributed by atoms with Crippen molar-refractivity contribution in [3.63, 3.8) is 0 Å². The van der Waals surface area contributed by atoms with E-state index in [1.807, 2.05) is 23.0 Å². The second-order valence-electron chi connectivity index (χ2n) is 4.82. The number of aromatic nitrogens is 2. The van der Waals surface area contributed by atoms with Crippen LogP contribution in [0.5, 0.6) is 0 Å². The molecule has 0 radical (unpaired) electrons. The number of nitrogen functional groups attached to an aromatic ring is 1. The summed E-state index contributed by atoms with van der Waals surface area (Å²) in [6.07, 6.45) is 7.88. The predicted molar refractivity (Wildman–Crippen MR) is 68.8 cm³/mol. The Balaban J connectivity index is 1.57. The highest BCUT2D eigenvalue weighted by Crippen LogP contribution is 2.28. The van der Waals surface area contributed by atoms with E-state index in [1.54, 1.807) is 12.5 Å². The average molecular weight is 246 g/mol. The van der Waals surface area contributed by atoms with Crippen LogP contribution in [0.4, 0.5) is 5.69 Å². The molecule has 0 amide bonds. The van der Waals surface area contributed by atoms with Gasteiger partial charge in [-0.3, -0.25) is 9.58 Å². The first-order chi connectivity index (χ1) is 8.81. The Labute approximate surface area is 106 Å². The van der Waals surface area contributed by atoms with Crippen LogP contribution >= 0.6 is 0 Å². The summed E-state index contributed by atoms with van der Waals surface area (Å²) in [6, 6.07) is 4.68. The van der Waals surface area contributed by atoms with Crippen molar-refractivity contribution in [1.82, 2.24) is 14.7 Å². The van der Waals surface area contributed by atoms with Crippen molar-refractivity contribution in [2.24, 2.45) is 0 Å². The molecule has 2 N–H and O–H groups in total. The summed E-state index contributed by atoms with van der Waals surface area (Å²) in [5.41, 5.74) is 6.38. The first-order valence-corrected chi connectivity index (χ1v) is 6.35. The molecule has 0 atom stereocenters. The van der Waals surface area contributed by atoms with E-state index in [0.29, 0.717) is 6.04 Å². The van der Waals surface area contributed by atoms with Crippen molar-refractivity contribution in [3.05, 3.63) is 36.5 Å². The molecule has 1 saturated carbocycles. The Morgan fingerprint density at radius 2 is 2.39 bits per heavy atom. The summed E-state index contributed by atoms with van der Waals surface area (Å²) in [6.45, 7) is 2.73. The third-order valence-electron chi connectivity index (χ3n) is 3.27. The van der Waals surface area contributed by atoms with Crippen LogP contribution in [0.3, 0.4) is 0 Å². The van der Waals surface area contributed by atoms with Gasteiger partial charge >= 0.3 is 0 Å². The van der Waals surface area contributed by atoms with Gasteiger partial charge in [-0.05, 0) is 25.0 Å². The topological polar surface area (TPSA) is 60.2 Å². The van der Waals surface area contributed by atoms with E-state index in [-0.39, 0.29) is 0 Å². The van der Waals surface area contributed by atoms with Crippen LogP contribution in [-0.2, 0) is 13.1 Å². The van der Waals surface area contributed by atoms with Crippen molar-refractivity contribution in [2.75, 3.05) is 12.3 Å². The van der Waals surface area contributed by atoms with E-state index in [9.17, 15) is 0 Å². The minimum atomic E-state index is 0.711. The number of hydrogen-bond donors (Lipinski definition) is 1. The van der Waals surface area contributed by atoms with Crippen molar-refractivity contribution in [2.45, 2.75) is 32.0 Å². The standard InChI is InChI=1S/C13H18N4O/c14-11-8-15-17(9-11)6-5-16(12-3-4-12)10-13-2-1-7-18-13/h1-2,7-9,12H,3-6,10,14H2. The fraction of sp³-hybridized carbons (Fsp3) is 0.462. The molecule has 0 aliphatic heterocycles. The maximum Gasteiger partial charge on any atom is 0.117 e. The first-order valence-electron chi connectivity index (χ1n) is 6.35. The number of hydrogen-bond acceptors (Lipinski definition) is 4. The van der Waals surface area contributed by atoms with E-state index in [2.05, 4.69) is 10.00 Å². The van der Waals surface area contributed by atoms with Gasteiger partial charge in [0.05, 0.1) is 31.2 Å². The smallest absolute Gasteiger partial charge is 0.117 e. The average Bonchev–Trinajstić information content (AvgIpc) is 2.92. The number of furan rings is 1. The first kappa shape index (κ1) is 11.3. The minimum Gasteiger partial charge on any atom is -0.468 e. The molecule has 5 nitrogen and oxygen atoms in total. The molecule has 3 rings (SSSR count). The largest absolute Gasteiger partial charge is 0.468 e. The summed E-state index contributed by atoms with van der Waals surface area (Å²) < 4.78 is 7.31. The van der Waals surface area contributed by atoms with Crippen molar-refractivity contribution < 1.29 is 4.42 Å². The zero-order valence-corrected chi connectivity index (χ0v) is 10.3. The van der Waals surface area contributed by atoms with E-state index in [0.717, 1.165) is 31.1 Å². The summed E-state index contributed by atoms with van der Waals surface area (Å²) in [5.74, 6) is 1.03. The van der Waals surface area contributed by atoms with E-state index in [4.69, 9.17) is 10.2 Å². The number of nitrogens with zero attached hydrogens (tertiary/aromatic N) is 3. The zero-order chi connectivity index (χ0) is 12.4. The van der Waals surface area contributed by atoms with Crippen molar-refractivity contribution >= 4 is 5.69 Å². The van der Waals surface area contributed by atoms with Gasteiger partial charge in [0.1, 0.15) is 5.76 Å². The lowest BCUT2D eigenvalue weighted by molar-refractivity contribution is 0.221. The summed E-state index contributed by atoms with van der Waals surface area (Å²) in [4.78, 5) is 2.46. The highest BCUT2D eigenvalue weighted by Gasteiger charge is 2.29. The van der Waals surface area contributed by atoms with Crippen LogP contribution in [0.1, 0.15) is 18.6 Å². The maximum absolute atomic E-state index is 5.65. The summed E-state index contributed by atoms with van der Waals surface area (Å²) in [7, 11) is 0. The fourth-order valence-electron chi connectivity index (χ4n) is 2.17. The quantitative estimate of drug-likeness (QED) is 0.843. The molecule has 5 heteroatoms. The molecule has 1 aliphatic carbocycles. The third kappa shape index (κ3) is 2.73. The molecule has 96 valence electrons. The molecule has 0 unspecified atom stereocenters. The van der Waals surface area contributed by atoms with Gasteiger partial charge in [0.2, 0.25) is 0 Å². The van der Waals surface area contributed by atoms with Crippen LogP contribution in [0.2, 0.25) is 0 Å². The normalized spacial score (nSPS) is 15.4. The predicted octanol–water partition coefficient (Wildman–Crippen LogP) is 1.72. The van der Waals surface area contributed by atoms with Crippen LogP contribution < -0.4 is 5.73 Å². The molecular formula is C13H18N4O. The van der Waals surface area contributed by atoms with E-state index < -0.39 is 0 Å². The third-order valence-corrected chi connectivity index (χ3v) is 3.27. The Morgan fingerprint density at radius 1 is 1.50 bits per heavy atom. The van der Waals surface area contributed by atoms with Gasteiger partial charge < -0.3 is 10.2 Å². The van der Waals surface area contributed by atoms with Gasteiger partial charge in [-0.15, -0.1) is 0 Å². The molecule has 0 bridgehead atoms. The molecular weight excluding hydrogens is 228 g/mol. The molecule has 0 spiro atoms. The number of rotatable bonds is 6. The zero-order valence-electron chi connectivity index (χ0n) is 10.3. The molecule has 2 heterocycles. The highest BCUT2D eigenvalue weighted by molar-refractivity contribution is 5.30. The lowest BCUT2D eigenvalue weighted by Crippen LogP contribution is -2.29. The molecule has 2 aromatic rings. The van der Waals surface area contributed by atoms with E-state index in [1.165, 1.54) is 12.8 Å². The second-order valence-corrected chi connectivity index (χ2v) is 4.82. The highest BCUT2D eigenvalue weighted by atomic mass is 16.3. The number of anilines is 1. The Bertz CT molecular complexity index is 487. The number of nitrogens with two attached hydrogens (primary N) is 1. The molecule has 1 aliphatic rings. The van der Waals surface area contributed by atoms with Crippen LogP contribution in [0, 0.1) is 0 Å².